The topological polar surface area (TPSA) is 48.4 Å². The highest BCUT2D eigenvalue weighted by Crippen LogP contribution is 2.51. The lowest BCUT2D eigenvalue weighted by molar-refractivity contribution is -0.122. The fraction of sp³-hybridized carbons (Fsp3) is 0.267. The largest absolute Gasteiger partial charge is 0.497 e. The molecule has 0 radical (unpaired) electrons. The molecule has 0 aliphatic carbocycles. The van der Waals surface area contributed by atoms with E-state index in [1.165, 1.54) is 17.4 Å². The number of anilines is 2. The minimum absolute atomic E-state index is 0.0157. The molecular weight excluding hydrogens is 512 g/mol. The number of hydrogen-bond acceptors (Lipinski definition) is 7. The zero-order valence-corrected chi connectivity index (χ0v) is 23.8. The molecule has 3 aromatic carbocycles. The van der Waals surface area contributed by atoms with Crippen LogP contribution in [0.1, 0.15) is 26.3 Å². The Kier molecular flexibility index (Phi) is 8.00. The number of nitrogens with zero attached hydrogens (tertiary/aromatic N) is 4. The summed E-state index contributed by atoms with van der Waals surface area (Å²) in [5, 5.41) is 1.65. The van der Waals surface area contributed by atoms with Crippen LogP contribution in [0.4, 0.5) is 17.1 Å². The Labute approximate surface area is 233 Å². The smallest absolute Gasteiger partial charge is 0.269 e. The van der Waals surface area contributed by atoms with Gasteiger partial charge in [-0.25, -0.2) is 4.99 Å². The predicted octanol–water partition coefficient (Wildman–Crippen LogP) is 7.11. The Morgan fingerprint density at radius 2 is 1.63 bits per heavy atom. The lowest BCUT2D eigenvalue weighted by Crippen LogP contribution is -2.29. The van der Waals surface area contributed by atoms with Gasteiger partial charge in [-0.2, -0.15) is 0 Å². The van der Waals surface area contributed by atoms with Crippen LogP contribution in [0.2, 0.25) is 0 Å². The van der Waals surface area contributed by atoms with Gasteiger partial charge in [0, 0.05) is 36.3 Å². The second kappa shape index (κ2) is 11.6. The van der Waals surface area contributed by atoms with Crippen molar-refractivity contribution in [1.29, 1.82) is 0 Å². The molecule has 3 aromatic rings. The first kappa shape index (κ1) is 26.3. The number of amidine groups is 1. The SMILES string of the molecule is CCN(CC)c1ccc(N=C2SC(=C3Sc4ccc(OC)cc4N3CC)C(=O)N2Cc2ccccc2)cc1. The molecule has 2 heterocycles. The predicted molar refractivity (Wildman–Crippen MR) is 161 cm³/mol. The van der Waals surface area contributed by atoms with Crippen LogP contribution in [0.15, 0.2) is 92.6 Å². The van der Waals surface area contributed by atoms with Crippen LogP contribution in [0.25, 0.3) is 0 Å². The van der Waals surface area contributed by atoms with E-state index in [1.54, 1.807) is 23.8 Å². The van der Waals surface area contributed by atoms with Gasteiger partial charge in [-0.3, -0.25) is 9.69 Å². The first-order valence-electron chi connectivity index (χ1n) is 12.9. The Balaban J connectivity index is 1.52. The van der Waals surface area contributed by atoms with Gasteiger partial charge in [0.1, 0.15) is 15.7 Å². The van der Waals surface area contributed by atoms with Crippen molar-refractivity contribution in [3.8, 4) is 5.75 Å². The van der Waals surface area contributed by atoms with E-state index in [0.29, 0.717) is 16.6 Å². The van der Waals surface area contributed by atoms with Gasteiger partial charge in [0.15, 0.2) is 5.17 Å². The number of ether oxygens (including phenoxy) is 1. The third-order valence-corrected chi connectivity index (χ3v) is 9.05. The maximum atomic E-state index is 13.9. The van der Waals surface area contributed by atoms with Gasteiger partial charge in [-0.1, -0.05) is 42.1 Å². The summed E-state index contributed by atoms with van der Waals surface area (Å²) < 4.78 is 5.46. The van der Waals surface area contributed by atoms with E-state index in [1.807, 2.05) is 54.6 Å². The van der Waals surface area contributed by atoms with Gasteiger partial charge in [-0.15, -0.1) is 0 Å². The van der Waals surface area contributed by atoms with Crippen LogP contribution >= 0.6 is 23.5 Å². The van der Waals surface area contributed by atoms with E-state index in [-0.39, 0.29) is 5.91 Å². The van der Waals surface area contributed by atoms with Gasteiger partial charge >= 0.3 is 0 Å². The molecule has 196 valence electrons. The van der Waals surface area contributed by atoms with Crippen molar-refractivity contribution in [2.75, 3.05) is 36.5 Å². The number of amides is 1. The normalized spacial score (nSPS) is 17.9. The standard InChI is InChI=1S/C30H32N4O2S2/c1-5-32(6-2)23-15-13-22(14-16-23)31-30-34(20-21-11-9-8-10-12-21)28(35)27(38-30)29-33(7-3)25-19-24(36-4)17-18-26(25)37-29/h8-19H,5-7,20H2,1-4H3. The molecule has 0 aromatic heterocycles. The molecule has 2 aliphatic heterocycles. The number of carbonyl (C=O) groups is 1. The number of benzene rings is 3. The first-order chi connectivity index (χ1) is 18.6. The molecule has 38 heavy (non-hydrogen) atoms. The molecule has 0 spiro atoms. The van der Waals surface area contributed by atoms with E-state index in [0.717, 1.165) is 52.2 Å². The Hall–Kier alpha value is -3.36. The number of hydrogen-bond donors (Lipinski definition) is 0. The van der Waals surface area contributed by atoms with Crippen molar-refractivity contribution >= 4 is 51.7 Å². The molecule has 0 unspecified atom stereocenters. The van der Waals surface area contributed by atoms with E-state index in [9.17, 15) is 4.79 Å². The third kappa shape index (κ3) is 5.15. The maximum Gasteiger partial charge on any atom is 0.269 e. The molecule has 5 rings (SSSR count). The third-order valence-electron chi connectivity index (χ3n) is 6.67. The van der Waals surface area contributed by atoms with Crippen molar-refractivity contribution in [2.24, 2.45) is 4.99 Å². The van der Waals surface area contributed by atoms with Gasteiger partial charge in [-0.05, 0) is 74.5 Å². The molecule has 2 aliphatic rings. The molecule has 1 saturated heterocycles. The lowest BCUT2D eigenvalue weighted by atomic mass is 10.2. The van der Waals surface area contributed by atoms with Crippen LogP contribution < -0.4 is 14.5 Å². The van der Waals surface area contributed by atoms with Crippen LogP contribution in [0.5, 0.6) is 5.75 Å². The van der Waals surface area contributed by atoms with Crippen molar-refractivity contribution in [3.63, 3.8) is 0 Å². The summed E-state index contributed by atoms with van der Waals surface area (Å²) in [6.45, 7) is 9.55. The zero-order chi connectivity index (χ0) is 26.6. The molecule has 1 amide bonds. The highest BCUT2D eigenvalue weighted by molar-refractivity contribution is 8.19. The number of fused-ring (bicyclic) bond motifs is 1. The first-order valence-corrected chi connectivity index (χ1v) is 14.5. The summed E-state index contributed by atoms with van der Waals surface area (Å²) in [5.74, 6) is 0.790. The van der Waals surface area contributed by atoms with E-state index >= 15 is 0 Å². The van der Waals surface area contributed by atoms with Gasteiger partial charge in [0.2, 0.25) is 0 Å². The summed E-state index contributed by atoms with van der Waals surface area (Å²) in [6, 6.07) is 24.4. The molecule has 8 heteroatoms. The highest BCUT2D eigenvalue weighted by atomic mass is 32.2. The highest BCUT2D eigenvalue weighted by Gasteiger charge is 2.39. The summed E-state index contributed by atoms with van der Waals surface area (Å²) in [5.41, 5.74) is 4.14. The summed E-state index contributed by atoms with van der Waals surface area (Å²) in [7, 11) is 1.68. The molecular formula is C30H32N4O2S2. The zero-order valence-electron chi connectivity index (χ0n) is 22.2. The molecule has 0 atom stereocenters. The van der Waals surface area contributed by atoms with Gasteiger partial charge in [0.25, 0.3) is 5.91 Å². The molecule has 6 nitrogen and oxygen atoms in total. The molecule has 0 N–H and O–H groups in total. The van der Waals surface area contributed by atoms with Gasteiger partial charge < -0.3 is 14.5 Å². The van der Waals surface area contributed by atoms with Crippen molar-refractivity contribution in [2.45, 2.75) is 32.2 Å². The van der Waals surface area contributed by atoms with Crippen molar-refractivity contribution in [3.05, 3.63) is 88.3 Å². The summed E-state index contributed by atoms with van der Waals surface area (Å²) in [6.07, 6.45) is 0. The molecule has 1 fully saturated rings. The molecule has 0 bridgehead atoms. The quantitative estimate of drug-likeness (QED) is 0.282. The maximum absolute atomic E-state index is 13.9. The minimum Gasteiger partial charge on any atom is -0.497 e. The molecule has 0 saturated carbocycles. The summed E-state index contributed by atoms with van der Waals surface area (Å²) in [4.78, 5) is 27.1. The monoisotopic (exact) mass is 544 g/mol. The number of carbonyl (C=O) groups excluding carboxylic acids is 1. The van der Waals surface area contributed by atoms with E-state index in [2.05, 4.69) is 48.8 Å². The number of rotatable bonds is 8. The van der Waals surface area contributed by atoms with E-state index < -0.39 is 0 Å². The Morgan fingerprint density at radius 3 is 2.29 bits per heavy atom. The fourth-order valence-electron chi connectivity index (χ4n) is 4.63. The number of methoxy groups -OCH3 is 1. The van der Waals surface area contributed by atoms with Crippen molar-refractivity contribution < 1.29 is 9.53 Å². The van der Waals surface area contributed by atoms with Crippen LogP contribution in [0, 0.1) is 0 Å². The second-order valence-electron chi connectivity index (χ2n) is 8.88. The Morgan fingerprint density at radius 1 is 0.895 bits per heavy atom. The number of thioether (sulfide) groups is 2. The number of aliphatic imine (C=N–C) groups is 1. The average molecular weight is 545 g/mol. The van der Waals surface area contributed by atoms with Crippen LogP contribution in [-0.2, 0) is 11.3 Å². The minimum atomic E-state index is -0.0157. The second-order valence-corrected chi connectivity index (χ2v) is 10.9. The average Bonchev–Trinajstić information content (AvgIpc) is 3.47. The van der Waals surface area contributed by atoms with Crippen molar-refractivity contribution in [1.82, 2.24) is 4.90 Å². The van der Waals surface area contributed by atoms with Crippen LogP contribution in [0.3, 0.4) is 0 Å². The fourth-order valence-corrected chi connectivity index (χ4v) is 7.01. The lowest BCUT2D eigenvalue weighted by Gasteiger charge is -2.21. The van der Waals surface area contributed by atoms with Gasteiger partial charge in [0.05, 0.1) is 25.0 Å². The van der Waals surface area contributed by atoms with Crippen LogP contribution in [-0.4, -0.2) is 42.7 Å². The summed E-state index contributed by atoms with van der Waals surface area (Å²) >= 11 is 3.10. The van der Waals surface area contributed by atoms with E-state index in [4.69, 9.17) is 9.73 Å². The Bertz CT molecular complexity index is 1370.